The highest BCUT2D eigenvalue weighted by molar-refractivity contribution is 5.92. The van der Waals surface area contributed by atoms with Crippen molar-refractivity contribution in [1.29, 1.82) is 0 Å². The van der Waals surface area contributed by atoms with Crippen molar-refractivity contribution in [2.24, 2.45) is 5.92 Å². The van der Waals surface area contributed by atoms with Gasteiger partial charge in [0.2, 0.25) is 0 Å². The number of likely N-dealkylation sites (tertiary alicyclic amines) is 1. The van der Waals surface area contributed by atoms with E-state index in [4.69, 9.17) is 0 Å². The Morgan fingerprint density at radius 2 is 2.30 bits per heavy atom. The van der Waals surface area contributed by atoms with Crippen molar-refractivity contribution in [3.8, 4) is 0 Å². The molecule has 110 valence electrons. The van der Waals surface area contributed by atoms with Gasteiger partial charge in [-0.1, -0.05) is 6.07 Å². The third-order valence-corrected chi connectivity index (χ3v) is 3.84. The second kappa shape index (κ2) is 6.70. The molecule has 0 radical (unpaired) electrons. The van der Waals surface area contributed by atoms with Gasteiger partial charge in [-0.3, -0.25) is 4.79 Å². The maximum absolute atomic E-state index is 12.1. The number of nitrogens with zero attached hydrogens (tertiary/aromatic N) is 2. The molecule has 0 aliphatic carbocycles. The molecule has 0 bridgehead atoms. The van der Waals surface area contributed by atoms with Crippen LogP contribution < -0.4 is 10.6 Å². The summed E-state index contributed by atoms with van der Waals surface area (Å²) >= 11 is 0. The highest BCUT2D eigenvalue weighted by Crippen LogP contribution is 2.17. The van der Waals surface area contributed by atoms with Crippen LogP contribution in [0.3, 0.4) is 0 Å². The third kappa shape index (κ3) is 3.70. The Morgan fingerprint density at radius 1 is 1.50 bits per heavy atom. The number of anilines is 1. The van der Waals surface area contributed by atoms with Gasteiger partial charge in [-0.2, -0.15) is 0 Å². The Labute approximate surface area is 120 Å². The number of amides is 1. The first-order chi connectivity index (χ1) is 9.60. The predicted octanol–water partition coefficient (Wildman–Crippen LogP) is 1.58. The molecular formula is C15H24N4O. The summed E-state index contributed by atoms with van der Waals surface area (Å²) in [6.07, 6.45) is 1.16. The van der Waals surface area contributed by atoms with Crippen molar-refractivity contribution >= 4 is 11.7 Å². The van der Waals surface area contributed by atoms with Crippen LogP contribution in [0.2, 0.25) is 0 Å². The summed E-state index contributed by atoms with van der Waals surface area (Å²) in [4.78, 5) is 18.8. The van der Waals surface area contributed by atoms with Gasteiger partial charge in [0.05, 0.1) is 0 Å². The van der Waals surface area contributed by atoms with Crippen molar-refractivity contribution in [1.82, 2.24) is 15.2 Å². The zero-order valence-corrected chi connectivity index (χ0v) is 12.5. The molecule has 1 aromatic heterocycles. The zero-order valence-electron chi connectivity index (χ0n) is 12.5. The van der Waals surface area contributed by atoms with E-state index in [9.17, 15) is 4.79 Å². The largest absolute Gasteiger partial charge is 0.373 e. The zero-order chi connectivity index (χ0) is 14.5. The number of rotatable bonds is 5. The van der Waals surface area contributed by atoms with E-state index in [0.717, 1.165) is 26.1 Å². The minimum Gasteiger partial charge on any atom is -0.373 e. The van der Waals surface area contributed by atoms with Gasteiger partial charge in [0, 0.05) is 26.2 Å². The second-order valence-electron chi connectivity index (χ2n) is 5.61. The molecule has 1 aliphatic heterocycles. The van der Waals surface area contributed by atoms with Gasteiger partial charge in [0.1, 0.15) is 11.5 Å². The number of nitrogens with one attached hydrogen (secondary N) is 2. The van der Waals surface area contributed by atoms with E-state index in [1.54, 1.807) is 13.1 Å². The summed E-state index contributed by atoms with van der Waals surface area (Å²) < 4.78 is 0. The molecular weight excluding hydrogens is 252 g/mol. The van der Waals surface area contributed by atoms with Gasteiger partial charge in [0.15, 0.2) is 0 Å². The lowest BCUT2D eigenvalue weighted by Gasteiger charge is -2.20. The fraction of sp³-hybridized carbons (Fsp3) is 0.600. The lowest BCUT2D eigenvalue weighted by Crippen LogP contribution is -2.33. The Bertz CT molecular complexity index is 461. The number of carbonyl (C=O) groups is 1. The number of hydrogen-bond acceptors (Lipinski definition) is 4. The molecule has 1 saturated heterocycles. The highest BCUT2D eigenvalue weighted by Gasteiger charge is 2.24. The normalized spacial score (nSPS) is 19.3. The van der Waals surface area contributed by atoms with Gasteiger partial charge < -0.3 is 15.5 Å². The summed E-state index contributed by atoms with van der Waals surface area (Å²) in [6.45, 7) is 7.36. The van der Waals surface area contributed by atoms with E-state index in [0.29, 0.717) is 23.5 Å². The molecule has 0 saturated carbocycles. The first-order valence-corrected chi connectivity index (χ1v) is 7.27. The molecule has 1 aliphatic rings. The fourth-order valence-corrected chi connectivity index (χ4v) is 2.53. The maximum atomic E-state index is 12.1. The van der Waals surface area contributed by atoms with Crippen molar-refractivity contribution in [3.05, 3.63) is 23.9 Å². The molecule has 2 N–H and O–H groups in total. The molecule has 2 heterocycles. The molecule has 5 nitrogen and oxygen atoms in total. The quantitative estimate of drug-likeness (QED) is 0.857. The van der Waals surface area contributed by atoms with E-state index in [2.05, 4.69) is 34.4 Å². The first kappa shape index (κ1) is 14.8. The fourth-order valence-electron chi connectivity index (χ4n) is 2.53. The number of pyridine rings is 1. The third-order valence-electron chi connectivity index (χ3n) is 3.84. The Kier molecular flexibility index (Phi) is 4.95. The van der Waals surface area contributed by atoms with Gasteiger partial charge >= 0.3 is 0 Å². The van der Waals surface area contributed by atoms with Crippen molar-refractivity contribution in [3.63, 3.8) is 0 Å². The van der Waals surface area contributed by atoms with Crippen LogP contribution >= 0.6 is 0 Å². The lowest BCUT2D eigenvalue weighted by atomic mass is 10.1. The van der Waals surface area contributed by atoms with Crippen LogP contribution in [0.5, 0.6) is 0 Å². The van der Waals surface area contributed by atoms with Crippen LogP contribution in [0, 0.1) is 5.92 Å². The van der Waals surface area contributed by atoms with Gasteiger partial charge in [0.25, 0.3) is 5.91 Å². The van der Waals surface area contributed by atoms with E-state index in [1.165, 1.54) is 0 Å². The molecule has 0 spiro atoms. The van der Waals surface area contributed by atoms with E-state index in [1.807, 2.05) is 12.1 Å². The lowest BCUT2D eigenvalue weighted by molar-refractivity contribution is 0.0942. The highest BCUT2D eigenvalue weighted by atomic mass is 16.1. The Balaban J connectivity index is 1.83. The van der Waals surface area contributed by atoms with E-state index in [-0.39, 0.29) is 5.91 Å². The molecule has 1 amide bonds. The molecule has 2 rings (SSSR count). The summed E-state index contributed by atoms with van der Waals surface area (Å²) in [5.74, 6) is 1.17. The number of hydrogen-bond donors (Lipinski definition) is 2. The number of aromatic nitrogens is 1. The van der Waals surface area contributed by atoms with Crippen LogP contribution in [-0.2, 0) is 0 Å². The van der Waals surface area contributed by atoms with Gasteiger partial charge in [-0.05, 0) is 44.9 Å². The molecule has 5 heteroatoms. The molecule has 0 aromatic carbocycles. The van der Waals surface area contributed by atoms with E-state index >= 15 is 0 Å². The topological polar surface area (TPSA) is 57.3 Å². The predicted molar refractivity (Wildman–Crippen MR) is 80.9 cm³/mol. The van der Waals surface area contributed by atoms with Gasteiger partial charge in [-0.25, -0.2) is 4.98 Å². The summed E-state index contributed by atoms with van der Waals surface area (Å²) in [7, 11) is 1.79. The second-order valence-corrected chi connectivity index (χ2v) is 5.61. The Hall–Kier alpha value is -1.62. The average Bonchev–Trinajstić information content (AvgIpc) is 2.94. The molecule has 1 unspecified atom stereocenters. The van der Waals surface area contributed by atoms with Crippen LogP contribution in [0.1, 0.15) is 30.8 Å². The molecule has 20 heavy (non-hydrogen) atoms. The standard InChI is InChI=1S/C15H24N4O/c1-11(2)19-8-7-12(10-19)9-17-15(20)13-5-4-6-14(16-3)18-13/h4-6,11-12H,7-10H2,1-3H3,(H,16,18)(H,17,20). The molecule has 1 aromatic rings. The Morgan fingerprint density at radius 3 is 2.95 bits per heavy atom. The van der Waals surface area contributed by atoms with E-state index < -0.39 is 0 Å². The SMILES string of the molecule is CNc1cccc(C(=O)NCC2CCN(C(C)C)C2)n1. The monoisotopic (exact) mass is 276 g/mol. The minimum atomic E-state index is -0.0925. The van der Waals surface area contributed by atoms with Crippen LogP contribution in [-0.4, -0.2) is 48.5 Å². The summed E-state index contributed by atoms with van der Waals surface area (Å²) in [5, 5.41) is 5.94. The molecule has 1 atom stereocenters. The van der Waals surface area contributed by atoms with Crippen LogP contribution in [0.4, 0.5) is 5.82 Å². The molecule has 1 fully saturated rings. The first-order valence-electron chi connectivity index (χ1n) is 7.27. The van der Waals surface area contributed by atoms with Crippen molar-refractivity contribution in [2.75, 3.05) is 32.0 Å². The number of carbonyl (C=O) groups excluding carboxylic acids is 1. The van der Waals surface area contributed by atoms with Crippen LogP contribution in [0.15, 0.2) is 18.2 Å². The minimum absolute atomic E-state index is 0.0925. The average molecular weight is 276 g/mol. The van der Waals surface area contributed by atoms with Crippen LogP contribution in [0.25, 0.3) is 0 Å². The summed E-state index contributed by atoms with van der Waals surface area (Å²) in [5.41, 5.74) is 0.468. The summed E-state index contributed by atoms with van der Waals surface area (Å²) in [6, 6.07) is 6.01. The maximum Gasteiger partial charge on any atom is 0.269 e. The van der Waals surface area contributed by atoms with Crippen molar-refractivity contribution < 1.29 is 4.79 Å². The van der Waals surface area contributed by atoms with Crippen molar-refractivity contribution in [2.45, 2.75) is 26.3 Å². The van der Waals surface area contributed by atoms with Gasteiger partial charge in [-0.15, -0.1) is 0 Å². The smallest absolute Gasteiger partial charge is 0.269 e.